The summed E-state index contributed by atoms with van der Waals surface area (Å²) in [5, 5.41) is 13.7. The van der Waals surface area contributed by atoms with Crippen LogP contribution in [0.4, 0.5) is 5.69 Å². The topological polar surface area (TPSA) is 37.8 Å². The van der Waals surface area contributed by atoms with Crippen LogP contribution in [0.1, 0.15) is 18.6 Å². The van der Waals surface area contributed by atoms with Gasteiger partial charge < -0.3 is 5.32 Å². The molecule has 1 atom stereocenters. The molecule has 9 aromatic carbocycles. The van der Waals surface area contributed by atoms with Gasteiger partial charge in [-0.15, -0.1) is 0 Å². The molecule has 0 fully saturated rings. The van der Waals surface area contributed by atoms with Crippen molar-refractivity contribution in [3.05, 3.63) is 254 Å². The number of anilines is 1. The van der Waals surface area contributed by atoms with Crippen LogP contribution >= 0.6 is 0 Å². The zero-order valence-electron chi connectivity index (χ0n) is 34.1. The van der Waals surface area contributed by atoms with E-state index in [2.05, 4.69) is 198 Å². The van der Waals surface area contributed by atoms with E-state index in [1.807, 2.05) is 60.8 Å². The summed E-state index contributed by atoms with van der Waals surface area (Å²) in [4.78, 5) is 9.13. The molecule has 288 valence electrons. The van der Waals surface area contributed by atoms with Crippen LogP contribution in [0.2, 0.25) is 0 Å². The Labute approximate surface area is 370 Å². The molecule has 0 spiro atoms. The number of nitrogens with zero attached hydrogens (tertiary/aromatic N) is 2. The van der Waals surface area contributed by atoms with Crippen LogP contribution in [0, 0.1) is 6.07 Å². The molecule has 1 aliphatic rings. The zero-order chi connectivity index (χ0) is 40.4. The van der Waals surface area contributed by atoms with Gasteiger partial charge in [-0.05, 0) is 68.2 Å². The summed E-state index contributed by atoms with van der Waals surface area (Å²) in [6.07, 6.45) is 6.31. The fourth-order valence-electron chi connectivity index (χ4n) is 7.70. The number of aromatic nitrogens is 2. The minimum absolute atomic E-state index is 0. The van der Waals surface area contributed by atoms with Crippen molar-refractivity contribution < 1.29 is 20.3 Å². The number of benzene rings is 9. The molecule has 0 saturated heterocycles. The van der Waals surface area contributed by atoms with E-state index in [1.54, 1.807) is 0 Å². The first-order valence-corrected chi connectivity index (χ1v) is 20.3. The van der Waals surface area contributed by atoms with Gasteiger partial charge in [0.25, 0.3) is 0 Å². The molecule has 0 bridgehead atoms. The third kappa shape index (κ3) is 9.46. The van der Waals surface area contributed by atoms with E-state index in [1.165, 1.54) is 59.9 Å². The Morgan fingerprint density at radius 1 is 0.443 bits per heavy atom. The van der Waals surface area contributed by atoms with Gasteiger partial charge in [-0.25, -0.2) is 4.98 Å². The van der Waals surface area contributed by atoms with Gasteiger partial charge in [0.15, 0.2) is 0 Å². The van der Waals surface area contributed by atoms with Crippen molar-refractivity contribution in [2.24, 2.45) is 0 Å². The van der Waals surface area contributed by atoms with Crippen molar-refractivity contribution in [3.8, 4) is 11.3 Å². The number of nitrogens with one attached hydrogen (secondary N) is 1. The minimum atomic E-state index is 0. The molecule has 2 aromatic heterocycles. The van der Waals surface area contributed by atoms with E-state index in [4.69, 9.17) is 4.98 Å². The molecular formula is C57H44LiN3. The van der Waals surface area contributed by atoms with Gasteiger partial charge >= 0.3 is 18.9 Å². The Kier molecular flexibility index (Phi) is 13.0. The van der Waals surface area contributed by atoms with Crippen LogP contribution in [-0.2, 0) is 0 Å². The Morgan fingerprint density at radius 3 is 1.64 bits per heavy atom. The van der Waals surface area contributed by atoms with E-state index in [-0.39, 0.29) is 26.3 Å². The van der Waals surface area contributed by atoms with Crippen molar-refractivity contribution in [2.45, 2.75) is 6.04 Å². The summed E-state index contributed by atoms with van der Waals surface area (Å²) in [6, 6.07) is 80.1. The molecule has 0 radical (unpaired) electrons. The summed E-state index contributed by atoms with van der Waals surface area (Å²) in [7, 11) is 0. The minimum Gasteiger partial charge on any atom is -0.374 e. The summed E-state index contributed by atoms with van der Waals surface area (Å²) < 4.78 is 0. The van der Waals surface area contributed by atoms with Crippen LogP contribution in [-0.4, -0.2) is 9.97 Å². The molecule has 1 aliphatic heterocycles. The van der Waals surface area contributed by atoms with Crippen molar-refractivity contribution in [1.29, 1.82) is 0 Å². The molecule has 0 amide bonds. The van der Waals surface area contributed by atoms with Gasteiger partial charge in [-0.1, -0.05) is 176 Å². The molecular weight excluding hydrogens is 734 g/mol. The van der Waals surface area contributed by atoms with Crippen LogP contribution < -0.4 is 24.2 Å². The van der Waals surface area contributed by atoms with E-state index in [0.29, 0.717) is 0 Å². The van der Waals surface area contributed by atoms with Crippen molar-refractivity contribution in [3.63, 3.8) is 0 Å². The molecule has 3 nitrogen and oxygen atoms in total. The molecule has 1 unspecified atom stereocenters. The number of fused-ring (bicyclic) bond motifs is 9. The van der Waals surface area contributed by atoms with Crippen LogP contribution in [0.3, 0.4) is 0 Å². The van der Waals surface area contributed by atoms with E-state index in [9.17, 15) is 0 Å². The molecule has 11 aromatic rings. The average molecular weight is 778 g/mol. The molecule has 3 heterocycles. The van der Waals surface area contributed by atoms with Crippen molar-refractivity contribution in [2.75, 3.05) is 5.32 Å². The predicted molar refractivity (Wildman–Crippen MR) is 257 cm³/mol. The third-order valence-corrected chi connectivity index (χ3v) is 10.7. The maximum atomic E-state index is 4.80. The maximum absolute atomic E-state index is 4.80. The summed E-state index contributed by atoms with van der Waals surface area (Å²) in [5.74, 6) is 0. The monoisotopic (exact) mass is 777 g/mol. The summed E-state index contributed by atoms with van der Waals surface area (Å²) >= 11 is 0. The second-order valence-corrected chi connectivity index (χ2v) is 14.5. The Bertz CT molecular complexity index is 3110. The van der Waals surface area contributed by atoms with Gasteiger partial charge in [-0.2, -0.15) is 36.4 Å². The molecule has 61 heavy (non-hydrogen) atoms. The standard InChI is InChI=1S/C19H15N.C19H13N.C13H9N.C6H5.Li.H2/c2*1-2-7-15(8-3-1)18-13-11-17-16-9-5-4-6-14(16)10-12-19(17)20-18;1-2-5-11-10(4-1)7-8-13-12(11)6-3-9-14-13;1-2-4-6-5-3-1;;/h1-13,18,20H;1-13H;1-9H;1-5H;;1H/q;;;-1;+1;. The SMILES string of the molecule is C1=CC(c2ccccc2)Nc2ccc3ccccc3c21.[HH].[Li+].[c-]1ccccc1.c1ccc(-c2ccc3c(ccc4ccccc43)n2)cc1.c1ccc2c(c1)ccc1ncccc12. The number of rotatable bonds is 2. The first-order valence-electron chi connectivity index (χ1n) is 20.3. The smallest absolute Gasteiger partial charge is 0.374 e. The Hall–Kier alpha value is -7.28. The maximum Gasteiger partial charge on any atom is 1.00 e. The van der Waals surface area contributed by atoms with Crippen LogP contribution in [0.5, 0.6) is 0 Å². The number of hydrogen-bond donors (Lipinski definition) is 1. The molecule has 0 aliphatic carbocycles. The normalized spacial score (nSPS) is 12.4. The number of pyridine rings is 2. The van der Waals surface area contributed by atoms with Crippen LogP contribution in [0.25, 0.3) is 71.5 Å². The summed E-state index contributed by atoms with van der Waals surface area (Å²) in [6.45, 7) is 0. The second-order valence-electron chi connectivity index (χ2n) is 14.5. The Morgan fingerprint density at radius 2 is 0.984 bits per heavy atom. The molecule has 12 rings (SSSR count). The van der Waals surface area contributed by atoms with Gasteiger partial charge in [-0.3, -0.25) is 4.98 Å². The quantitative estimate of drug-likeness (QED) is 0.108. The van der Waals surface area contributed by atoms with E-state index >= 15 is 0 Å². The van der Waals surface area contributed by atoms with Crippen molar-refractivity contribution >= 4 is 65.9 Å². The molecule has 0 saturated carbocycles. The second kappa shape index (κ2) is 19.6. The summed E-state index contributed by atoms with van der Waals surface area (Å²) in [5.41, 5.74) is 8.07. The Balaban J connectivity index is 0.000000131. The largest absolute Gasteiger partial charge is 1.00 e. The van der Waals surface area contributed by atoms with E-state index in [0.717, 1.165) is 22.3 Å². The van der Waals surface area contributed by atoms with E-state index < -0.39 is 0 Å². The molecule has 1 N–H and O–H groups in total. The van der Waals surface area contributed by atoms with Gasteiger partial charge in [0, 0.05) is 35.2 Å². The fraction of sp³-hybridized carbons (Fsp3) is 0.0175. The zero-order valence-corrected chi connectivity index (χ0v) is 34.1. The first-order chi connectivity index (χ1) is 29.8. The average Bonchev–Trinajstić information content (AvgIpc) is 3.35. The third-order valence-electron chi connectivity index (χ3n) is 10.7. The van der Waals surface area contributed by atoms with Gasteiger partial charge in [0.2, 0.25) is 0 Å². The predicted octanol–water partition coefficient (Wildman–Crippen LogP) is 12.2. The van der Waals surface area contributed by atoms with Gasteiger partial charge in [0.05, 0.1) is 22.8 Å². The van der Waals surface area contributed by atoms with Gasteiger partial charge in [0.1, 0.15) is 0 Å². The van der Waals surface area contributed by atoms with Crippen LogP contribution in [0.15, 0.2) is 237 Å². The fourth-order valence-corrected chi connectivity index (χ4v) is 7.70. The molecule has 4 heteroatoms. The first kappa shape index (κ1) is 40.5. The number of hydrogen-bond acceptors (Lipinski definition) is 3. The van der Waals surface area contributed by atoms with Crippen molar-refractivity contribution in [1.82, 2.24) is 9.97 Å².